The van der Waals surface area contributed by atoms with Crippen LogP contribution in [0.2, 0.25) is 0 Å². The van der Waals surface area contributed by atoms with Gasteiger partial charge >= 0.3 is 0 Å². The Morgan fingerprint density at radius 1 is 1.26 bits per heavy atom. The zero-order valence-corrected chi connectivity index (χ0v) is 15.9. The summed E-state index contributed by atoms with van der Waals surface area (Å²) in [6.45, 7) is 14.2. The zero-order valence-electron chi connectivity index (χ0n) is 15.9. The topological polar surface area (TPSA) is 46.5 Å². The third-order valence-electron chi connectivity index (χ3n) is 4.66. The molecule has 23 heavy (non-hydrogen) atoms. The van der Waals surface area contributed by atoms with E-state index in [1.54, 1.807) is 6.92 Å². The average Bonchev–Trinajstić information content (AvgIpc) is 2.62. The van der Waals surface area contributed by atoms with Crippen molar-refractivity contribution in [3.63, 3.8) is 0 Å². The first-order valence-electron chi connectivity index (χ1n) is 8.94. The highest BCUT2D eigenvalue weighted by molar-refractivity contribution is 6.03. The molecule has 1 rings (SSSR count). The monoisotopic (exact) mass is 322 g/mol. The summed E-state index contributed by atoms with van der Waals surface area (Å²) in [7, 11) is 0. The predicted molar refractivity (Wildman–Crippen MR) is 94.8 cm³/mol. The van der Waals surface area contributed by atoms with Crippen LogP contribution in [0.5, 0.6) is 0 Å². The smallest absolute Gasteiger partial charge is 0.269 e. The molecular formula is C20H34O3. The molecule has 0 spiro atoms. The Kier molecular flexibility index (Phi) is 7.06. The first-order chi connectivity index (χ1) is 10.6. The van der Waals surface area contributed by atoms with Gasteiger partial charge in [0.25, 0.3) is 5.79 Å². The van der Waals surface area contributed by atoms with E-state index in [2.05, 4.69) is 33.8 Å². The molecule has 0 saturated carbocycles. The van der Waals surface area contributed by atoms with Gasteiger partial charge in [-0.1, -0.05) is 46.6 Å². The second-order valence-electron chi connectivity index (χ2n) is 7.67. The highest BCUT2D eigenvalue weighted by Gasteiger charge is 2.42. The Balaban J connectivity index is 2.66. The molecule has 1 aliphatic heterocycles. The Labute approximate surface area is 141 Å². The molecule has 0 saturated heterocycles. The Hall–Kier alpha value is -1.09. The molecule has 0 bridgehead atoms. The van der Waals surface area contributed by atoms with Gasteiger partial charge in [0.1, 0.15) is 5.76 Å². The molecule has 0 aromatic carbocycles. The van der Waals surface area contributed by atoms with Crippen LogP contribution >= 0.6 is 0 Å². The number of hydrogen-bond donors (Lipinski definition) is 1. The molecule has 0 aromatic heterocycles. The molecular weight excluding hydrogens is 288 g/mol. The first-order valence-corrected chi connectivity index (χ1v) is 8.94. The van der Waals surface area contributed by atoms with Crippen molar-refractivity contribution in [1.29, 1.82) is 0 Å². The lowest BCUT2D eigenvalue weighted by atomic mass is 9.87. The molecule has 0 fully saturated rings. The third kappa shape index (κ3) is 5.49. The number of ether oxygens (including phenoxy) is 1. The van der Waals surface area contributed by atoms with Crippen LogP contribution in [-0.4, -0.2) is 16.7 Å². The Morgan fingerprint density at radius 2 is 1.87 bits per heavy atom. The number of rotatable bonds is 8. The van der Waals surface area contributed by atoms with Crippen LogP contribution in [0.4, 0.5) is 0 Å². The van der Waals surface area contributed by atoms with Gasteiger partial charge in [-0.05, 0) is 50.0 Å². The largest absolute Gasteiger partial charge is 0.454 e. The van der Waals surface area contributed by atoms with E-state index in [-0.39, 0.29) is 5.78 Å². The first kappa shape index (κ1) is 20.0. The van der Waals surface area contributed by atoms with E-state index in [1.165, 1.54) is 26.2 Å². The van der Waals surface area contributed by atoms with Crippen molar-refractivity contribution in [2.24, 2.45) is 17.8 Å². The molecule has 1 N–H and O–H groups in total. The fraction of sp³-hybridized carbons (Fsp3) is 0.750. The number of Topliss-reactive ketones (excluding diaryl/α,β-unsaturated/α-hetero) is 1. The minimum absolute atomic E-state index is 0.338. The lowest BCUT2D eigenvalue weighted by Crippen LogP contribution is -2.32. The minimum Gasteiger partial charge on any atom is -0.454 e. The predicted octanol–water partition coefficient (Wildman–Crippen LogP) is 5.00. The summed E-state index contributed by atoms with van der Waals surface area (Å²) in [5, 5.41) is 9.94. The summed E-state index contributed by atoms with van der Waals surface area (Å²) in [5.41, 5.74) is 1.45. The van der Waals surface area contributed by atoms with Gasteiger partial charge in [-0.2, -0.15) is 0 Å². The van der Waals surface area contributed by atoms with Crippen LogP contribution in [-0.2, 0) is 9.53 Å². The van der Waals surface area contributed by atoms with E-state index in [0.717, 1.165) is 17.9 Å². The maximum Gasteiger partial charge on any atom is 0.269 e. The molecule has 4 unspecified atom stereocenters. The summed E-state index contributed by atoms with van der Waals surface area (Å²) in [6.07, 6.45) is 7.10. The number of carbonyl (C=O) groups is 1. The van der Waals surface area contributed by atoms with E-state index in [9.17, 15) is 9.90 Å². The van der Waals surface area contributed by atoms with Gasteiger partial charge in [-0.3, -0.25) is 4.79 Å². The number of carbonyl (C=O) groups excluding carboxylic acids is 1. The van der Waals surface area contributed by atoms with Gasteiger partial charge in [-0.15, -0.1) is 0 Å². The molecule has 1 heterocycles. The van der Waals surface area contributed by atoms with Gasteiger partial charge in [0, 0.05) is 12.5 Å². The van der Waals surface area contributed by atoms with Crippen LogP contribution in [0, 0.1) is 17.8 Å². The molecule has 1 aliphatic rings. The average molecular weight is 322 g/mol. The van der Waals surface area contributed by atoms with Crippen molar-refractivity contribution in [2.75, 3.05) is 0 Å². The van der Waals surface area contributed by atoms with E-state index >= 15 is 0 Å². The second-order valence-corrected chi connectivity index (χ2v) is 7.67. The molecule has 0 amide bonds. The van der Waals surface area contributed by atoms with Crippen LogP contribution in [0.25, 0.3) is 0 Å². The third-order valence-corrected chi connectivity index (χ3v) is 4.66. The lowest BCUT2D eigenvalue weighted by molar-refractivity contribution is -0.169. The van der Waals surface area contributed by atoms with Crippen LogP contribution < -0.4 is 0 Å². The number of ketones is 1. The van der Waals surface area contributed by atoms with Crippen molar-refractivity contribution in [1.82, 2.24) is 0 Å². The van der Waals surface area contributed by atoms with E-state index < -0.39 is 5.79 Å². The van der Waals surface area contributed by atoms with E-state index in [1.807, 2.05) is 6.92 Å². The van der Waals surface area contributed by atoms with Crippen molar-refractivity contribution in [2.45, 2.75) is 79.9 Å². The zero-order chi connectivity index (χ0) is 17.8. The van der Waals surface area contributed by atoms with Crippen molar-refractivity contribution in [3.05, 3.63) is 23.0 Å². The summed E-state index contributed by atoms with van der Waals surface area (Å²) in [6, 6.07) is 0. The van der Waals surface area contributed by atoms with Gasteiger partial charge in [0.2, 0.25) is 5.78 Å². The van der Waals surface area contributed by atoms with Gasteiger partial charge in [0.05, 0.1) is 0 Å². The molecule has 0 aromatic rings. The highest BCUT2D eigenvalue weighted by Crippen LogP contribution is 2.33. The number of hydrogen-bond acceptors (Lipinski definition) is 3. The van der Waals surface area contributed by atoms with Crippen molar-refractivity contribution >= 4 is 5.78 Å². The Bertz CT molecular complexity index is 485. The number of allylic oxidation sites excluding steroid dienone is 2. The summed E-state index contributed by atoms with van der Waals surface area (Å²) >= 11 is 0. The van der Waals surface area contributed by atoms with Crippen LogP contribution in [0.15, 0.2) is 23.0 Å². The highest BCUT2D eigenvalue weighted by atomic mass is 16.6. The lowest BCUT2D eigenvalue weighted by Gasteiger charge is -2.20. The fourth-order valence-electron chi connectivity index (χ4n) is 3.75. The van der Waals surface area contributed by atoms with Crippen molar-refractivity contribution in [3.8, 4) is 0 Å². The Morgan fingerprint density at radius 3 is 2.35 bits per heavy atom. The molecule has 3 nitrogen and oxygen atoms in total. The summed E-state index contributed by atoms with van der Waals surface area (Å²) in [4.78, 5) is 11.9. The van der Waals surface area contributed by atoms with Gasteiger partial charge in [0.15, 0.2) is 0 Å². The minimum atomic E-state index is -1.71. The maximum absolute atomic E-state index is 11.9. The summed E-state index contributed by atoms with van der Waals surface area (Å²) < 4.78 is 5.45. The van der Waals surface area contributed by atoms with Crippen LogP contribution in [0.3, 0.4) is 0 Å². The number of aliphatic hydroxyl groups is 1. The van der Waals surface area contributed by atoms with E-state index in [4.69, 9.17) is 4.74 Å². The standard InChI is InChI=1S/C20H34O3/c1-8-9-13(2)10-14(3)11-15(4)12-16(5)18-17(6)19(21)20(7,22)23-18/h12-15,22H,8-11H2,1-7H3. The second kappa shape index (κ2) is 8.14. The fourth-order valence-corrected chi connectivity index (χ4v) is 3.75. The van der Waals surface area contributed by atoms with E-state index in [0.29, 0.717) is 23.2 Å². The van der Waals surface area contributed by atoms with Crippen molar-refractivity contribution < 1.29 is 14.6 Å². The molecule has 4 atom stereocenters. The maximum atomic E-state index is 11.9. The van der Waals surface area contributed by atoms with Gasteiger partial charge < -0.3 is 9.84 Å². The molecule has 0 aliphatic carbocycles. The molecule has 3 heteroatoms. The SMILES string of the molecule is CCCC(C)CC(C)CC(C)C=C(C)C1=C(C)C(=O)C(C)(O)O1. The molecule has 132 valence electrons. The van der Waals surface area contributed by atoms with Gasteiger partial charge in [-0.25, -0.2) is 0 Å². The van der Waals surface area contributed by atoms with Crippen LogP contribution in [0.1, 0.15) is 74.1 Å². The summed E-state index contributed by atoms with van der Waals surface area (Å²) in [5.74, 6) is 0.376. The quantitative estimate of drug-likeness (QED) is 0.684. The normalized spacial score (nSPS) is 26.3. The molecule has 0 radical (unpaired) electrons.